The Bertz CT molecular complexity index is 970. The second kappa shape index (κ2) is 11.3. The molecule has 2 aromatic rings. The van der Waals surface area contributed by atoms with E-state index in [9.17, 15) is 14.4 Å². The van der Waals surface area contributed by atoms with Crippen LogP contribution in [0.3, 0.4) is 0 Å². The molecule has 31 heavy (non-hydrogen) atoms. The van der Waals surface area contributed by atoms with Gasteiger partial charge >= 0.3 is 5.97 Å². The Kier molecular flexibility index (Phi) is 8.56. The molecule has 0 unspecified atom stereocenters. The van der Waals surface area contributed by atoms with Crippen LogP contribution in [-0.2, 0) is 9.53 Å². The van der Waals surface area contributed by atoms with Crippen molar-refractivity contribution in [1.29, 1.82) is 0 Å². The molecule has 0 spiro atoms. The van der Waals surface area contributed by atoms with Gasteiger partial charge in [0.05, 0.1) is 32.8 Å². The summed E-state index contributed by atoms with van der Waals surface area (Å²) in [6, 6.07) is 11.1. The minimum absolute atomic E-state index is 0.0220. The van der Waals surface area contributed by atoms with Crippen molar-refractivity contribution in [2.75, 3.05) is 26.1 Å². The molecule has 9 heteroatoms. The molecule has 0 bridgehead atoms. The number of nitrogens with one attached hydrogen (secondary N) is 2. The standard InChI is InChI=1S/C22H25N3O6/c1-5-31-22(28)15-6-9-17(10-7-15)23-20(26)12-14(2)24-25-21(27)16-8-11-18(29-3)19(13-16)30-4/h6-11,13H,5,12H2,1-4H3,(H,23,26)(H,25,27)/b24-14-. The zero-order valence-corrected chi connectivity index (χ0v) is 17.9. The van der Waals surface area contributed by atoms with Crippen molar-refractivity contribution in [2.24, 2.45) is 5.10 Å². The number of hydrogen-bond donors (Lipinski definition) is 2. The highest BCUT2D eigenvalue weighted by Gasteiger charge is 2.11. The van der Waals surface area contributed by atoms with Crippen molar-refractivity contribution in [3.05, 3.63) is 53.6 Å². The Morgan fingerprint density at radius 1 is 0.935 bits per heavy atom. The van der Waals surface area contributed by atoms with E-state index in [1.807, 2.05) is 0 Å². The van der Waals surface area contributed by atoms with Crippen LogP contribution in [0.4, 0.5) is 5.69 Å². The van der Waals surface area contributed by atoms with Crippen LogP contribution in [-0.4, -0.2) is 44.3 Å². The summed E-state index contributed by atoms with van der Waals surface area (Å²) in [6.45, 7) is 3.64. The van der Waals surface area contributed by atoms with E-state index in [0.717, 1.165) is 0 Å². The van der Waals surface area contributed by atoms with Gasteiger partial charge in [-0.2, -0.15) is 5.10 Å². The van der Waals surface area contributed by atoms with Gasteiger partial charge in [-0.25, -0.2) is 10.2 Å². The van der Waals surface area contributed by atoms with Crippen molar-refractivity contribution in [2.45, 2.75) is 20.3 Å². The molecule has 0 aliphatic carbocycles. The smallest absolute Gasteiger partial charge is 0.338 e. The molecule has 0 aliphatic heterocycles. The first-order valence-corrected chi connectivity index (χ1v) is 9.50. The summed E-state index contributed by atoms with van der Waals surface area (Å²) >= 11 is 0. The van der Waals surface area contributed by atoms with Gasteiger partial charge in [-0.3, -0.25) is 9.59 Å². The SMILES string of the molecule is CCOC(=O)c1ccc(NC(=O)C/C(C)=N\NC(=O)c2ccc(OC)c(OC)c2)cc1. The lowest BCUT2D eigenvalue weighted by molar-refractivity contribution is -0.115. The predicted octanol–water partition coefficient (Wildman–Crippen LogP) is 3.02. The van der Waals surface area contributed by atoms with Crippen LogP contribution >= 0.6 is 0 Å². The van der Waals surface area contributed by atoms with Gasteiger partial charge in [-0.05, 0) is 56.3 Å². The molecule has 2 N–H and O–H groups in total. The third kappa shape index (κ3) is 6.84. The van der Waals surface area contributed by atoms with Crippen molar-refractivity contribution in [3.8, 4) is 11.5 Å². The van der Waals surface area contributed by atoms with E-state index >= 15 is 0 Å². The molecular formula is C22H25N3O6. The van der Waals surface area contributed by atoms with E-state index in [2.05, 4.69) is 15.8 Å². The molecule has 9 nitrogen and oxygen atoms in total. The minimum Gasteiger partial charge on any atom is -0.493 e. The summed E-state index contributed by atoms with van der Waals surface area (Å²) in [5.74, 6) is -0.260. The summed E-state index contributed by atoms with van der Waals surface area (Å²) in [5, 5.41) is 6.66. The Morgan fingerprint density at radius 2 is 1.58 bits per heavy atom. The van der Waals surface area contributed by atoms with Crippen LogP contribution in [0.1, 0.15) is 41.0 Å². The number of hydrogen-bond acceptors (Lipinski definition) is 7. The number of anilines is 1. The van der Waals surface area contributed by atoms with Crippen LogP contribution in [0.5, 0.6) is 11.5 Å². The fraction of sp³-hybridized carbons (Fsp3) is 0.273. The van der Waals surface area contributed by atoms with Gasteiger partial charge in [0.25, 0.3) is 5.91 Å². The van der Waals surface area contributed by atoms with Gasteiger partial charge in [0.15, 0.2) is 11.5 Å². The van der Waals surface area contributed by atoms with E-state index in [4.69, 9.17) is 14.2 Å². The Labute approximate surface area is 180 Å². The summed E-state index contributed by atoms with van der Waals surface area (Å²) in [7, 11) is 2.98. The van der Waals surface area contributed by atoms with E-state index in [-0.39, 0.29) is 12.3 Å². The third-order valence-corrected chi connectivity index (χ3v) is 4.09. The van der Waals surface area contributed by atoms with Crippen molar-refractivity contribution >= 4 is 29.2 Å². The zero-order chi connectivity index (χ0) is 22.8. The lowest BCUT2D eigenvalue weighted by Gasteiger charge is -2.09. The monoisotopic (exact) mass is 427 g/mol. The first-order valence-electron chi connectivity index (χ1n) is 9.50. The Morgan fingerprint density at radius 3 is 2.19 bits per heavy atom. The molecule has 0 fully saturated rings. The number of carbonyl (C=O) groups excluding carboxylic acids is 3. The number of carbonyl (C=O) groups is 3. The van der Waals surface area contributed by atoms with Gasteiger partial charge in [0, 0.05) is 17.0 Å². The molecule has 2 amide bonds. The van der Waals surface area contributed by atoms with E-state index in [1.165, 1.54) is 20.3 Å². The maximum Gasteiger partial charge on any atom is 0.338 e. The number of benzene rings is 2. The van der Waals surface area contributed by atoms with Crippen LogP contribution in [0.25, 0.3) is 0 Å². The van der Waals surface area contributed by atoms with Gasteiger partial charge in [0.2, 0.25) is 5.91 Å². The highest BCUT2D eigenvalue weighted by Crippen LogP contribution is 2.27. The average molecular weight is 427 g/mol. The summed E-state index contributed by atoms with van der Waals surface area (Å²) in [6.07, 6.45) is -0.0220. The Balaban J connectivity index is 1.91. The lowest BCUT2D eigenvalue weighted by atomic mass is 10.2. The average Bonchev–Trinajstić information content (AvgIpc) is 2.77. The fourth-order valence-electron chi connectivity index (χ4n) is 2.57. The number of ether oxygens (including phenoxy) is 3. The van der Waals surface area contributed by atoms with E-state index < -0.39 is 11.9 Å². The van der Waals surface area contributed by atoms with Crippen molar-refractivity contribution in [3.63, 3.8) is 0 Å². The van der Waals surface area contributed by atoms with Gasteiger partial charge in [-0.15, -0.1) is 0 Å². The van der Waals surface area contributed by atoms with Gasteiger partial charge < -0.3 is 19.5 Å². The summed E-state index contributed by atoms with van der Waals surface area (Å²) < 4.78 is 15.2. The van der Waals surface area contributed by atoms with Crippen molar-refractivity contribution < 1.29 is 28.6 Å². The molecule has 0 saturated carbocycles. The molecule has 0 saturated heterocycles. The normalized spacial score (nSPS) is 10.8. The number of hydrazone groups is 1. The number of amides is 2. The van der Waals surface area contributed by atoms with E-state index in [1.54, 1.807) is 50.2 Å². The number of nitrogens with zero attached hydrogens (tertiary/aromatic N) is 1. The van der Waals surface area contributed by atoms with Crippen LogP contribution in [0, 0.1) is 0 Å². The summed E-state index contributed by atoms with van der Waals surface area (Å²) in [5.41, 5.74) is 4.08. The maximum atomic E-state index is 12.3. The molecule has 0 atom stereocenters. The summed E-state index contributed by atoms with van der Waals surface area (Å²) in [4.78, 5) is 36.1. The number of esters is 1. The van der Waals surface area contributed by atoms with Crippen LogP contribution < -0.4 is 20.2 Å². The fourth-order valence-corrected chi connectivity index (χ4v) is 2.57. The molecule has 2 rings (SSSR count). The molecular weight excluding hydrogens is 402 g/mol. The largest absolute Gasteiger partial charge is 0.493 e. The number of rotatable bonds is 9. The van der Waals surface area contributed by atoms with Crippen LogP contribution in [0.15, 0.2) is 47.6 Å². The molecule has 164 valence electrons. The topological polar surface area (TPSA) is 115 Å². The molecule has 0 aromatic heterocycles. The van der Waals surface area contributed by atoms with Crippen molar-refractivity contribution in [1.82, 2.24) is 5.43 Å². The first-order chi connectivity index (χ1) is 14.9. The zero-order valence-electron chi connectivity index (χ0n) is 17.9. The minimum atomic E-state index is -0.449. The predicted molar refractivity (Wildman–Crippen MR) is 116 cm³/mol. The maximum absolute atomic E-state index is 12.3. The second-order valence-corrected chi connectivity index (χ2v) is 6.38. The molecule has 2 aromatic carbocycles. The number of methoxy groups -OCH3 is 2. The quantitative estimate of drug-likeness (QED) is 0.361. The third-order valence-electron chi connectivity index (χ3n) is 4.09. The highest BCUT2D eigenvalue weighted by molar-refractivity contribution is 6.06. The first kappa shape index (κ1) is 23.4. The second-order valence-electron chi connectivity index (χ2n) is 6.38. The van der Waals surface area contributed by atoms with Gasteiger partial charge in [-0.1, -0.05) is 0 Å². The van der Waals surface area contributed by atoms with Crippen LogP contribution in [0.2, 0.25) is 0 Å². The lowest BCUT2D eigenvalue weighted by Crippen LogP contribution is -2.21. The van der Waals surface area contributed by atoms with Gasteiger partial charge in [0.1, 0.15) is 0 Å². The molecule has 0 heterocycles. The molecule has 0 radical (unpaired) electrons. The Hall–Kier alpha value is -3.88. The molecule has 0 aliphatic rings. The van der Waals surface area contributed by atoms with E-state index in [0.29, 0.717) is 40.6 Å². The highest BCUT2D eigenvalue weighted by atomic mass is 16.5.